The van der Waals surface area contributed by atoms with Crippen LogP contribution in [0.25, 0.3) is 0 Å². The number of halogens is 1. The second-order valence-corrected chi connectivity index (χ2v) is 9.03. The van der Waals surface area contributed by atoms with Crippen molar-refractivity contribution in [3.8, 4) is 0 Å². The van der Waals surface area contributed by atoms with Crippen LogP contribution in [0.5, 0.6) is 0 Å². The van der Waals surface area contributed by atoms with Gasteiger partial charge in [0.25, 0.3) is 0 Å². The third-order valence-electron chi connectivity index (χ3n) is 6.22. The van der Waals surface area contributed by atoms with Crippen molar-refractivity contribution in [2.45, 2.75) is 58.5 Å². The minimum atomic E-state index is 0. The molecule has 2 aliphatic heterocycles. The summed E-state index contributed by atoms with van der Waals surface area (Å²) in [5.41, 5.74) is 1.45. The number of hydrogen-bond donors (Lipinski definition) is 2. The Bertz CT molecular complexity index is 564. The van der Waals surface area contributed by atoms with Crippen molar-refractivity contribution in [2.75, 3.05) is 45.8 Å². The molecule has 0 spiro atoms. The van der Waals surface area contributed by atoms with Gasteiger partial charge in [0.15, 0.2) is 5.96 Å². The standard InChI is InChI=1S/C22H39N5S.HI/c1-3-23-22(24-11-5-19-6-12-26(4-2)13-7-19)25-21-8-14-27(15-9-21)17-20-10-16-28-18-20;/h10,16,18-19,21H,3-9,11-15,17H2,1-2H3,(H2,23,24,25);1H. The van der Waals surface area contributed by atoms with Crippen LogP contribution in [0.3, 0.4) is 0 Å². The summed E-state index contributed by atoms with van der Waals surface area (Å²) >= 11 is 1.80. The SMILES string of the molecule is CCNC(=NCCC1CCN(CC)CC1)NC1CCN(Cc2ccsc2)CC1.I. The molecule has 3 heterocycles. The number of likely N-dealkylation sites (tertiary alicyclic amines) is 2. The molecule has 0 aliphatic carbocycles. The number of hydrogen-bond acceptors (Lipinski definition) is 4. The van der Waals surface area contributed by atoms with Gasteiger partial charge in [0.2, 0.25) is 0 Å². The highest BCUT2D eigenvalue weighted by atomic mass is 127. The van der Waals surface area contributed by atoms with Crippen LogP contribution >= 0.6 is 35.3 Å². The maximum absolute atomic E-state index is 4.89. The van der Waals surface area contributed by atoms with Gasteiger partial charge >= 0.3 is 0 Å². The summed E-state index contributed by atoms with van der Waals surface area (Å²) < 4.78 is 0. The first kappa shape index (κ1) is 24.9. The van der Waals surface area contributed by atoms with Crippen LogP contribution in [0, 0.1) is 5.92 Å². The first-order chi connectivity index (χ1) is 13.8. The molecule has 0 amide bonds. The fourth-order valence-corrected chi connectivity index (χ4v) is 5.00. The molecule has 0 radical (unpaired) electrons. The first-order valence-corrected chi connectivity index (χ1v) is 12.2. The number of guanidine groups is 1. The summed E-state index contributed by atoms with van der Waals surface area (Å²) in [6.07, 6.45) is 6.31. The molecule has 1 aromatic heterocycles. The van der Waals surface area contributed by atoms with Gasteiger partial charge in [-0.25, -0.2) is 0 Å². The Morgan fingerprint density at radius 2 is 1.83 bits per heavy atom. The molecule has 0 unspecified atom stereocenters. The Morgan fingerprint density at radius 3 is 2.45 bits per heavy atom. The highest BCUT2D eigenvalue weighted by Gasteiger charge is 2.21. The third-order valence-corrected chi connectivity index (χ3v) is 6.95. The second kappa shape index (κ2) is 13.8. The molecule has 0 bridgehead atoms. The van der Waals surface area contributed by atoms with Crippen molar-refractivity contribution in [1.82, 2.24) is 20.4 Å². The van der Waals surface area contributed by atoms with E-state index in [4.69, 9.17) is 4.99 Å². The number of aliphatic imine (C=N–C) groups is 1. The smallest absolute Gasteiger partial charge is 0.191 e. The minimum Gasteiger partial charge on any atom is -0.357 e. The van der Waals surface area contributed by atoms with Crippen LogP contribution in [-0.4, -0.2) is 67.6 Å². The fourth-order valence-electron chi connectivity index (χ4n) is 4.34. The predicted octanol–water partition coefficient (Wildman–Crippen LogP) is 4.01. The molecule has 1 aromatic rings. The Balaban J connectivity index is 0.00000300. The Kier molecular flexibility index (Phi) is 11.9. The summed E-state index contributed by atoms with van der Waals surface area (Å²) in [6, 6.07) is 2.79. The Hall–Kier alpha value is -0.380. The van der Waals surface area contributed by atoms with E-state index < -0.39 is 0 Å². The molecule has 29 heavy (non-hydrogen) atoms. The van der Waals surface area contributed by atoms with Gasteiger partial charge in [-0.2, -0.15) is 11.3 Å². The average molecular weight is 534 g/mol. The van der Waals surface area contributed by atoms with Crippen molar-refractivity contribution in [2.24, 2.45) is 10.9 Å². The minimum absolute atomic E-state index is 0. The van der Waals surface area contributed by atoms with Crippen molar-refractivity contribution >= 4 is 41.3 Å². The molecule has 5 nitrogen and oxygen atoms in total. The molecule has 2 aliphatic rings. The summed E-state index contributed by atoms with van der Waals surface area (Å²) in [5.74, 6) is 1.87. The van der Waals surface area contributed by atoms with E-state index in [0.717, 1.165) is 31.5 Å². The third kappa shape index (κ3) is 8.71. The number of thiophene rings is 1. The lowest BCUT2D eigenvalue weighted by Crippen LogP contribution is -2.48. The Morgan fingerprint density at radius 1 is 1.10 bits per heavy atom. The largest absolute Gasteiger partial charge is 0.357 e. The zero-order chi connectivity index (χ0) is 19.6. The maximum Gasteiger partial charge on any atom is 0.191 e. The van der Waals surface area contributed by atoms with Crippen LogP contribution in [0.4, 0.5) is 0 Å². The van der Waals surface area contributed by atoms with Gasteiger partial charge in [-0.1, -0.05) is 6.92 Å². The second-order valence-electron chi connectivity index (χ2n) is 8.25. The van der Waals surface area contributed by atoms with Crippen molar-refractivity contribution in [1.29, 1.82) is 0 Å². The molecule has 0 aromatic carbocycles. The van der Waals surface area contributed by atoms with Crippen LogP contribution in [0.1, 0.15) is 51.5 Å². The van der Waals surface area contributed by atoms with E-state index in [1.54, 1.807) is 11.3 Å². The van der Waals surface area contributed by atoms with Crippen LogP contribution in [0.2, 0.25) is 0 Å². The summed E-state index contributed by atoms with van der Waals surface area (Å²) in [5, 5.41) is 11.6. The average Bonchev–Trinajstić information content (AvgIpc) is 3.23. The van der Waals surface area contributed by atoms with Gasteiger partial charge in [-0.15, -0.1) is 24.0 Å². The Labute approximate surface area is 198 Å². The lowest BCUT2D eigenvalue weighted by atomic mass is 9.94. The molecule has 0 saturated carbocycles. The van der Waals surface area contributed by atoms with Gasteiger partial charge in [-0.3, -0.25) is 9.89 Å². The normalized spacial score (nSPS) is 20.4. The van der Waals surface area contributed by atoms with Gasteiger partial charge in [-0.05, 0) is 87.0 Å². The highest BCUT2D eigenvalue weighted by molar-refractivity contribution is 14.0. The van der Waals surface area contributed by atoms with E-state index in [0.29, 0.717) is 6.04 Å². The molecular weight excluding hydrogens is 493 g/mol. The van der Waals surface area contributed by atoms with Crippen LogP contribution < -0.4 is 10.6 Å². The van der Waals surface area contributed by atoms with E-state index in [2.05, 4.69) is 51.1 Å². The molecule has 2 saturated heterocycles. The summed E-state index contributed by atoms with van der Waals surface area (Å²) in [7, 11) is 0. The monoisotopic (exact) mass is 533 g/mol. The first-order valence-electron chi connectivity index (χ1n) is 11.3. The predicted molar refractivity (Wildman–Crippen MR) is 137 cm³/mol. The summed E-state index contributed by atoms with van der Waals surface area (Å²) in [4.78, 5) is 10.0. The van der Waals surface area contributed by atoms with E-state index in [1.165, 1.54) is 70.4 Å². The quantitative estimate of drug-likeness (QED) is 0.301. The van der Waals surface area contributed by atoms with E-state index in [9.17, 15) is 0 Å². The van der Waals surface area contributed by atoms with E-state index in [-0.39, 0.29) is 24.0 Å². The number of piperidine rings is 2. The van der Waals surface area contributed by atoms with Crippen molar-refractivity contribution in [3.63, 3.8) is 0 Å². The lowest BCUT2D eigenvalue weighted by molar-refractivity contribution is 0.188. The molecule has 2 fully saturated rings. The molecule has 0 atom stereocenters. The van der Waals surface area contributed by atoms with E-state index >= 15 is 0 Å². The molecule has 3 rings (SSSR count). The molecule has 166 valence electrons. The molecule has 2 N–H and O–H groups in total. The fraction of sp³-hybridized carbons (Fsp3) is 0.773. The number of nitrogens with zero attached hydrogens (tertiary/aromatic N) is 3. The van der Waals surface area contributed by atoms with Gasteiger partial charge in [0, 0.05) is 38.8 Å². The van der Waals surface area contributed by atoms with Gasteiger partial charge in [0.1, 0.15) is 0 Å². The molecule has 7 heteroatoms. The number of nitrogens with one attached hydrogen (secondary N) is 2. The van der Waals surface area contributed by atoms with Crippen LogP contribution in [-0.2, 0) is 6.54 Å². The summed E-state index contributed by atoms with van der Waals surface area (Å²) in [6.45, 7) is 13.5. The van der Waals surface area contributed by atoms with Crippen molar-refractivity contribution in [3.05, 3.63) is 22.4 Å². The van der Waals surface area contributed by atoms with Crippen LogP contribution in [0.15, 0.2) is 21.8 Å². The highest BCUT2D eigenvalue weighted by Crippen LogP contribution is 2.20. The lowest BCUT2D eigenvalue weighted by Gasteiger charge is -2.33. The topological polar surface area (TPSA) is 42.9 Å². The van der Waals surface area contributed by atoms with Gasteiger partial charge in [0.05, 0.1) is 0 Å². The van der Waals surface area contributed by atoms with E-state index in [1.807, 2.05) is 0 Å². The number of rotatable bonds is 8. The maximum atomic E-state index is 4.89. The van der Waals surface area contributed by atoms with Crippen molar-refractivity contribution < 1.29 is 0 Å². The molecular formula is C22H40IN5S. The zero-order valence-corrected chi connectivity index (χ0v) is 21.4. The van der Waals surface area contributed by atoms with Gasteiger partial charge < -0.3 is 15.5 Å². The zero-order valence-electron chi connectivity index (χ0n) is 18.2.